The number of carbonyl (C=O) groups excluding carboxylic acids is 1. The third-order valence-electron chi connectivity index (χ3n) is 4.92. The quantitative estimate of drug-likeness (QED) is 0.839. The van der Waals surface area contributed by atoms with Crippen LogP contribution in [0.3, 0.4) is 0 Å². The molecule has 1 saturated carbocycles. The Kier molecular flexibility index (Phi) is 6.37. The molecule has 0 spiro atoms. The number of carbonyl (C=O) groups is 2. The average molecular weight is 333 g/mol. The van der Waals surface area contributed by atoms with Crippen molar-refractivity contribution in [2.45, 2.75) is 45.6 Å². The number of hydrogen-bond donors (Lipinski definition) is 2. The van der Waals surface area contributed by atoms with Crippen molar-refractivity contribution in [1.29, 1.82) is 0 Å². The van der Waals surface area contributed by atoms with Crippen molar-refractivity contribution in [3.63, 3.8) is 0 Å². The first-order valence-corrected chi connectivity index (χ1v) is 8.68. The average Bonchev–Trinajstić information content (AvgIpc) is 2.59. The van der Waals surface area contributed by atoms with Gasteiger partial charge in [-0.15, -0.1) is 0 Å². The highest BCUT2D eigenvalue weighted by Crippen LogP contribution is 2.31. The number of rotatable bonds is 6. The second-order valence-electron chi connectivity index (χ2n) is 6.70. The molecule has 2 N–H and O–H groups in total. The maximum atomic E-state index is 12.7. The lowest BCUT2D eigenvalue weighted by Gasteiger charge is -2.32. The van der Waals surface area contributed by atoms with Crippen LogP contribution >= 0.6 is 0 Å². The van der Waals surface area contributed by atoms with Crippen LogP contribution in [0.2, 0.25) is 0 Å². The van der Waals surface area contributed by atoms with Crippen molar-refractivity contribution in [3.05, 3.63) is 35.4 Å². The molecule has 1 aromatic rings. The molecule has 5 heteroatoms. The normalized spacial score (nSPS) is 22.0. The number of hydrogen-bond acceptors (Lipinski definition) is 3. The van der Waals surface area contributed by atoms with Gasteiger partial charge in [0.25, 0.3) is 0 Å². The predicted molar refractivity (Wildman–Crippen MR) is 91.5 cm³/mol. The van der Waals surface area contributed by atoms with E-state index in [0.29, 0.717) is 19.4 Å². The Balaban J connectivity index is 2.00. The summed E-state index contributed by atoms with van der Waals surface area (Å²) < 4.78 is 0. The van der Waals surface area contributed by atoms with Gasteiger partial charge in [0.2, 0.25) is 5.91 Å². The van der Waals surface area contributed by atoms with Crippen LogP contribution in [0.25, 0.3) is 0 Å². The highest BCUT2D eigenvalue weighted by Gasteiger charge is 2.33. The van der Waals surface area contributed by atoms with Crippen LogP contribution in [0.4, 0.5) is 0 Å². The van der Waals surface area contributed by atoms with Crippen molar-refractivity contribution in [2.24, 2.45) is 11.8 Å². The number of carboxylic acids is 1. The smallest absolute Gasteiger partial charge is 0.306 e. The third-order valence-corrected chi connectivity index (χ3v) is 4.92. The maximum absolute atomic E-state index is 12.7. The van der Waals surface area contributed by atoms with Crippen molar-refractivity contribution in [2.75, 3.05) is 13.1 Å². The first kappa shape index (κ1) is 18.5. The molecular formula is C19H27NO4. The van der Waals surface area contributed by atoms with Gasteiger partial charge < -0.3 is 15.1 Å². The van der Waals surface area contributed by atoms with Crippen LogP contribution in [0, 0.1) is 18.8 Å². The zero-order chi connectivity index (χ0) is 17.7. The molecule has 5 nitrogen and oxygen atoms in total. The lowest BCUT2D eigenvalue weighted by atomic mass is 9.80. The molecule has 132 valence electrons. The van der Waals surface area contributed by atoms with Crippen LogP contribution in [-0.4, -0.2) is 40.1 Å². The molecule has 0 aliphatic heterocycles. The van der Waals surface area contributed by atoms with E-state index in [9.17, 15) is 19.8 Å². The largest absolute Gasteiger partial charge is 0.481 e. The summed E-state index contributed by atoms with van der Waals surface area (Å²) in [6.45, 7) is 4.62. The lowest BCUT2D eigenvalue weighted by molar-refractivity contribution is -0.145. The molecule has 0 saturated heterocycles. The molecular weight excluding hydrogens is 306 g/mol. The Morgan fingerprint density at radius 1 is 1.21 bits per heavy atom. The highest BCUT2D eigenvalue weighted by atomic mass is 16.4. The van der Waals surface area contributed by atoms with Gasteiger partial charge in [-0.2, -0.15) is 0 Å². The Morgan fingerprint density at radius 3 is 2.42 bits per heavy atom. The van der Waals surface area contributed by atoms with Crippen LogP contribution in [0.5, 0.6) is 0 Å². The Labute approximate surface area is 143 Å². The molecule has 1 fully saturated rings. The monoisotopic (exact) mass is 333 g/mol. The van der Waals surface area contributed by atoms with Gasteiger partial charge in [-0.1, -0.05) is 36.2 Å². The summed E-state index contributed by atoms with van der Waals surface area (Å²) in [6.07, 6.45) is 1.83. The Morgan fingerprint density at radius 2 is 1.83 bits per heavy atom. The van der Waals surface area contributed by atoms with Gasteiger partial charge in [0, 0.05) is 12.5 Å². The molecule has 1 aromatic carbocycles. The molecule has 1 aliphatic rings. The van der Waals surface area contributed by atoms with Gasteiger partial charge in [0.05, 0.1) is 18.6 Å². The van der Waals surface area contributed by atoms with E-state index in [-0.39, 0.29) is 18.4 Å². The summed E-state index contributed by atoms with van der Waals surface area (Å²) in [5, 5.41) is 19.6. The van der Waals surface area contributed by atoms with Crippen molar-refractivity contribution < 1.29 is 19.8 Å². The van der Waals surface area contributed by atoms with Gasteiger partial charge in [-0.3, -0.25) is 9.59 Å². The maximum Gasteiger partial charge on any atom is 0.306 e. The number of aliphatic carboxylic acids is 1. The number of likely N-dealkylation sites (N-methyl/N-ethyl adjacent to an activating group) is 1. The first-order chi connectivity index (χ1) is 11.4. The van der Waals surface area contributed by atoms with Crippen LogP contribution < -0.4 is 0 Å². The van der Waals surface area contributed by atoms with E-state index in [4.69, 9.17) is 0 Å². The fraction of sp³-hybridized carbons (Fsp3) is 0.579. The number of aryl methyl sites for hydroxylation is 1. The zero-order valence-electron chi connectivity index (χ0n) is 14.4. The topological polar surface area (TPSA) is 77.8 Å². The zero-order valence-corrected chi connectivity index (χ0v) is 14.4. The molecule has 1 aliphatic carbocycles. The SMILES string of the molecule is CCN(CC(O)c1ccc(C)cc1)C(=O)C1CCCC(C(=O)O)C1. The fourth-order valence-electron chi connectivity index (χ4n) is 3.37. The molecule has 3 atom stereocenters. The van der Waals surface area contributed by atoms with Gasteiger partial charge in [-0.05, 0) is 38.7 Å². The molecule has 24 heavy (non-hydrogen) atoms. The molecule has 0 bridgehead atoms. The summed E-state index contributed by atoms with van der Waals surface area (Å²) >= 11 is 0. The summed E-state index contributed by atoms with van der Waals surface area (Å²) in [4.78, 5) is 25.6. The molecule has 3 unspecified atom stereocenters. The number of aliphatic hydroxyl groups is 1. The van der Waals surface area contributed by atoms with Crippen molar-refractivity contribution in [3.8, 4) is 0 Å². The second kappa shape index (κ2) is 8.29. The second-order valence-corrected chi connectivity index (χ2v) is 6.70. The van der Waals surface area contributed by atoms with E-state index in [0.717, 1.165) is 24.0 Å². The first-order valence-electron chi connectivity index (χ1n) is 8.68. The summed E-state index contributed by atoms with van der Waals surface area (Å²) in [5.74, 6) is -1.51. The summed E-state index contributed by atoms with van der Waals surface area (Å²) in [6, 6.07) is 7.63. The highest BCUT2D eigenvalue weighted by molar-refractivity contribution is 5.80. The van der Waals surface area contributed by atoms with E-state index in [1.165, 1.54) is 0 Å². The van der Waals surface area contributed by atoms with Gasteiger partial charge in [-0.25, -0.2) is 0 Å². The van der Waals surface area contributed by atoms with Gasteiger partial charge in [0.1, 0.15) is 0 Å². The van der Waals surface area contributed by atoms with E-state index in [1.807, 2.05) is 38.1 Å². The number of carboxylic acid groups (broad SMARTS) is 1. The Hall–Kier alpha value is -1.88. The third kappa shape index (κ3) is 4.57. The van der Waals surface area contributed by atoms with Crippen LogP contribution in [0.15, 0.2) is 24.3 Å². The van der Waals surface area contributed by atoms with Gasteiger partial charge in [0.15, 0.2) is 0 Å². The van der Waals surface area contributed by atoms with E-state index >= 15 is 0 Å². The minimum atomic E-state index is -0.810. The molecule has 0 heterocycles. The summed E-state index contributed by atoms with van der Waals surface area (Å²) in [7, 11) is 0. The molecule has 0 aromatic heterocycles. The fourth-order valence-corrected chi connectivity index (χ4v) is 3.37. The number of nitrogens with zero attached hydrogens (tertiary/aromatic N) is 1. The van der Waals surface area contributed by atoms with Crippen molar-refractivity contribution in [1.82, 2.24) is 4.90 Å². The molecule has 1 amide bonds. The Bertz CT molecular complexity index is 569. The van der Waals surface area contributed by atoms with E-state index in [1.54, 1.807) is 4.90 Å². The standard InChI is InChI=1S/C19H27NO4/c1-3-20(12-17(21)14-9-7-13(2)8-10-14)18(22)15-5-4-6-16(11-15)19(23)24/h7-10,15-17,21H,3-6,11-12H2,1-2H3,(H,23,24). The van der Waals surface area contributed by atoms with Gasteiger partial charge >= 0.3 is 5.97 Å². The van der Waals surface area contributed by atoms with Crippen molar-refractivity contribution >= 4 is 11.9 Å². The molecule has 0 radical (unpaired) electrons. The summed E-state index contributed by atoms with van der Waals surface area (Å²) in [5.41, 5.74) is 1.91. The lowest BCUT2D eigenvalue weighted by Crippen LogP contribution is -2.41. The minimum absolute atomic E-state index is 0.0328. The number of aliphatic hydroxyl groups excluding tert-OH is 1. The number of benzene rings is 1. The number of amides is 1. The minimum Gasteiger partial charge on any atom is -0.481 e. The predicted octanol–water partition coefficient (Wildman–Crippen LogP) is 2.77. The van der Waals surface area contributed by atoms with E-state index < -0.39 is 18.0 Å². The van der Waals surface area contributed by atoms with Crippen LogP contribution in [-0.2, 0) is 9.59 Å². The molecule has 2 rings (SSSR count). The van der Waals surface area contributed by atoms with E-state index in [2.05, 4.69) is 0 Å². The van der Waals surface area contributed by atoms with Crippen LogP contribution in [0.1, 0.15) is 49.8 Å².